The normalized spacial score (nSPS) is 16.8. The van der Waals surface area contributed by atoms with E-state index in [9.17, 15) is 34.5 Å². The van der Waals surface area contributed by atoms with Gasteiger partial charge >= 0.3 is 17.9 Å². The third-order valence-corrected chi connectivity index (χ3v) is 21.8. The molecule has 0 atom stereocenters. The molecule has 0 radical (unpaired) electrons. The summed E-state index contributed by atoms with van der Waals surface area (Å²) in [6.07, 6.45) is 66.3. The van der Waals surface area contributed by atoms with Gasteiger partial charge in [-0.2, -0.15) is 4.58 Å². The monoisotopic (exact) mass is 1390 g/mol. The fraction of sp³-hybridized carbons (Fsp3) is 0.733. The number of rotatable bonds is 55. The van der Waals surface area contributed by atoms with Crippen LogP contribution < -0.4 is 10.2 Å². The van der Waals surface area contributed by atoms with Crippen LogP contribution in [0, 0.1) is 0 Å². The van der Waals surface area contributed by atoms with Crippen LogP contribution in [0.4, 0.5) is 11.4 Å². The molecule has 3 aliphatic rings. The van der Waals surface area contributed by atoms with Gasteiger partial charge in [-0.3, -0.25) is 38.8 Å². The first-order chi connectivity index (χ1) is 48.5. The maximum absolute atomic E-state index is 13.9. The lowest BCUT2D eigenvalue weighted by atomic mass is 9.81. The number of amides is 1. The van der Waals surface area contributed by atoms with Crippen LogP contribution in [0.15, 0.2) is 78.5 Å². The van der Waals surface area contributed by atoms with Crippen LogP contribution in [0.1, 0.15) is 315 Å². The van der Waals surface area contributed by atoms with Crippen molar-refractivity contribution >= 4 is 40.9 Å². The van der Waals surface area contributed by atoms with Crippen molar-refractivity contribution in [2.75, 3.05) is 96.5 Å². The lowest BCUT2D eigenvalue weighted by molar-refractivity contribution is -0.438. The third-order valence-electron chi connectivity index (χ3n) is 21.8. The predicted octanol–water partition coefficient (Wildman–Crippen LogP) is 19.6. The molecule has 1 amide bonds. The summed E-state index contributed by atoms with van der Waals surface area (Å²) in [4.78, 5) is 59.2. The highest BCUT2D eigenvalue weighted by atomic mass is 16.4. The van der Waals surface area contributed by atoms with Crippen molar-refractivity contribution in [2.24, 2.45) is 0 Å². The van der Waals surface area contributed by atoms with Crippen molar-refractivity contribution in [1.82, 2.24) is 24.9 Å². The number of hydrogen-bond donors (Lipinski definition) is 4. The molecule has 2 aromatic rings. The minimum Gasteiger partial charge on any atom is -0.480 e. The lowest BCUT2D eigenvalue weighted by Gasteiger charge is -2.32. The second kappa shape index (κ2) is 51.1. The van der Waals surface area contributed by atoms with E-state index in [4.69, 9.17) is 0 Å². The SMILES string of the molecule is CCCCCCCCCCCCCCCCCCCCCCN1/C(=C/C=C/C=C/C2=[N+](CCCCCCCCCCCCCCCCCCCCCC)c3ccccc3C2(C)C)C(C)(C)c2cc(CNC(=O)CN3CCN(CC(=O)O)CCN(CC(=O)O)CCN(CC(=O)O)CC3)ccc21. The number of anilines is 1. The molecule has 1 fully saturated rings. The topological polar surface area (TPSA) is 160 Å². The fourth-order valence-electron chi connectivity index (χ4n) is 15.6. The second-order valence-corrected chi connectivity index (χ2v) is 31.1. The van der Waals surface area contributed by atoms with Crippen molar-refractivity contribution in [3.63, 3.8) is 0 Å². The first kappa shape index (κ1) is 85.5. The molecule has 100 heavy (non-hydrogen) atoms. The maximum Gasteiger partial charge on any atom is 0.317 e. The Bertz CT molecular complexity index is 2700. The van der Waals surface area contributed by atoms with E-state index in [2.05, 4.69) is 129 Å². The summed E-state index contributed by atoms with van der Waals surface area (Å²) >= 11 is 0. The summed E-state index contributed by atoms with van der Waals surface area (Å²) in [5.41, 5.74) is 8.42. The van der Waals surface area contributed by atoms with Crippen molar-refractivity contribution in [2.45, 2.75) is 316 Å². The van der Waals surface area contributed by atoms with E-state index in [1.165, 1.54) is 284 Å². The molecule has 14 heteroatoms. The van der Waals surface area contributed by atoms with Crippen LogP contribution in [0.2, 0.25) is 0 Å². The molecule has 0 aromatic heterocycles. The molecule has 3 aliphatic heterocycles. The Morgan fingerprint density at radius 1 is 0.430 bits per heavy atom. The number of nitrogens with zero attached hydrogens (tertiary/aromatic N) is 6. The second-order valence-electron chi connectivity index (χ2n) is 31.1. The summed E-state index contributed by atoms with van der Waals surface area (Å²) in [5, 5.41) is 32.3. The third kappa shape index (κ3) is 34.0. The predicted molar refractivity (Wildman–Crippen MR) is 419 cm³/mol. The number of carbonyl (C=O) groups excluding carboxylic acids is 1. The highest BCUT2D eigenvalue weighted by Crippen LogP contribution is 2.48. The van der Waals surface area contributed by atoms with Crippen molar-refractivity contribution < 1.29 is 39.1 Å². The number of aliphatic carboxylic acids is 3. The molecule has 2 aromatic carbocycles. The van der Waals surface area contributed by atoms with Crippen LogP contribution in [-0.4, -0.2) is 161 Å². The molecule has 4 N–H and O–H groups in total. The molecule has 1 saturated heterocycles. The van der Waals surface area contributed by atoms with Crippen molar-refractivity contribution in [3.05, 3.63) is 95.2 Å². The Hall–Kier alpha value is -5.15. The first-order valence-electron chi connectivity index (χ1n) is 41.1. The maximum atomic E-state index is 13.9. The Morgan fingerprint density at radius 2 is 0.800 bits per heavy atom. The molecule has 0 bridgehead atoms. The number of benzene rings is 2. The number of unbranched alkanes of at least 4 members (excludes halogenated alkanes) is 38. The van der Waals surface area contributed by atoms with Crippen LogP contribution in [-0.2, 0) is 36.6 Å². The zero-order valence-corrected chi connectivity index (χ0v) is 64.5. The van der Waals surface area contributed by atoms with E-state index in [0.29, 0.717) is 58.9 Å². The van der Waals surface area contributed by atoms with Gasteiger partial charge in [-0.25, -0.2) is 0 Å². The van der Waals surface area contributed by atoms with Gasteiger partial charge in [-0.05, 0) is 50.0 Å². The van der Waals surface area contributed by atoms with Crippen LogP contribution >= 0.6 is 0 Å². The van der Waals surface area contributed by atoms with Gasteiger partial charge < -0.3 is 25.5 Å². The molecule has 0 saturated carbocycles. The van der Waals surface area contributed by atoms with Crippen molar-refractivity contribution in [3.8, 4) is 0 Å². The number of fused-ring (bicyclic) bond motifs is 2. The molecule has 14 nitrogen and oxygen atoms in total. The molecule has 5 rings (SSSR count). The summed E-state index contributed by atoms with van der Waals surface area (Å²) in [7, 11) is 0. The van der Waals surface area contributed by atoms with E-state index in [1.54, 1.807) is 14.7 Å². The first-order valence-corrected chi connectivity index (χ1v) is 41.1. The minimum atomic E-state index is -0.999. The number of nitrogens with one attached hydrogen (secondary N) is 1. The summed E-state index contributed by atoms with van der Waals surface area (Å²) in [5.74, 6) is -3.13. The number of carbonyl (C=O) groups is 4. The Balaban J connectivity index is 1.18. The average Bonchev–Trinajstić information content (AvgIpc) is 1.60. The van der Waals surface area contributed by atoms with Crippen molar-refractivity contribution in [1.29, 1.82) is 0 Å². The Labute approximate surface area is 609 Å². The molecule has 564 valence electrons. The van der Waals surface area contributed by atoms with Crippen LogP contribution in [0.3, 0.4) is 0 Å². The van der Waals surface area contributed by atoms with Crippen LogP contribution in [0.5, 0.6) is 0 Å². The number of para-hydroxylation sites is 1. The van der Waals surface area contributed by atoms with Gasteiger partial charge in [0.1, 0.15) is 6.54 Å². The molecular weight excluding hydrogens is 1240 g/mol. The van der Waals surface area contributed by atoms with Crippen LogP contribution in [0.25, 0.3) is 0 Å². The van der Waals surface area contributed by atoms with E-state index < -0.39 is 17.9 Å². The number of hydrogen-bond acceptors (Lipinski definition) is 9. The van der Waals surface area contributed by atoms with Gasteiger partial charge in [0, 0.05) is 106 Å². The minimum absolute atomic E-state index is 0.0612. The van der Waals surface area contributed by atoms with E-state index in [0.717, 1.165) is 25.1 Å². The molecular formula is C86H144N7O7+. The zero-order valence-electron chi connectivity index (χ0n) is 64.5. The molecule has 0 unspecified atom stereocenters. The molecule has 0 aliphatic carbocycles. The average molecular weight is 1390 g/mol. The number of carboxylic acid groups (broad SMARTS) is 3. The molecule has 0 spiro atoms. The Kier molecular flexibility index (Phi) is 43.7. The van der Waals surface area contributed by atoms with E-state index in [1.807, 2.05) is 4.90 Å². The van der Waals surface area contributed by atoms with Gasteiger partial charge in [0.15, 0.2) is 5.71 Å². The lowest BCUT2D eigenvalue weighted by Crippen LogP contribution is -2.49. The quantitative estimate of drug-likeness (QED) is 0.0282. The smallest absolute Gasteiger partial charge is 0.317 e. The highest BCUT2D eigenvalue weighted by molar-refractivity contribution is 6.03. The molecule has 3 heterocycles. The van der Waals surface area contributed by atoms with E-state index >= 15 is 0 Å². The van der Waals surface area contributed by atoms with Gasteiger partial charge in [0.25, 0.3) is 0 Å². The highest BCUT2D eigenvalue weighted by Gasteiger charge is 2.44. The summed E-state index contributed by atoms with van der Waals surface area (Å²) < 4.78 is 2.60. The fourth-order valence-corrected chi connectivity index (χ4v) is 15.6. The van der Waals surface area contributed by atoms with Gasteiger partial charge in [-0.1, -0.05) is 314 Å². The number of carboxylic acids is 3. The van der Waals surface area contributed by atoms with Gasteiger partial charge in [0.05, 0.1) is 31.6 Å². The summed E-state index contributed by atoms with van der Waals surface area (Å²) in [6.45, 7) is 18.4. The number of allylic oxidation sites excluding steroid dienone is 6. The standard InChI is InChI=1S/C86H143N7O7/c1-7-9-11-13-15-17-19-21-23-25-27-29-31-33-35-37-39-41-43-50-58-92-77-53-49-48-52-75(77)85(3,4)79(92)54-46-45-47-55-80-86(5,6)76-68-74(56-57-78(76)93(80)59-51-44-42-40-38-36-34-32-30-28-26-24-22-20-18-16-14-12-10-8-2)69-87-81(94)70-88-60-62-89(71-82(95)96)64-66-91(73-84(99)100)67-65-90(63-61-88)72-83(97)98/h45-49,52-57,68H,7-44,50-51,58-67,69-73H2,1-6H3,(H3-,87,94,95,96,97,98,99,100)/p+1. The van der Waals surface area contributed by atoms with Gasteiger partial charge in [0.2, 0.25) is 11.6 Å². The van der Waals surface area contributed by atoms with E-state index in [-0.39, 0.29) is 42.9 Å². The van der Waals surface area contributed by atoms with Gasteiger partial charge in [-0.15, -0.1) is 0 Å². The Morgan fingerprint density at radius 3 is 1.20 bits per heavy atom. The summed E-state index contributed by atoms with van der Waals surface area (Å²) in [6, 6.07) is 15.7. The largest absolute Gasteiger partial charge is 0.480 e. The zero-order chi connectivity index (χ0) is 71.9.